The molecular weight excluding hydrogens is 278 g/mol. The zero-order valence-corrected chi connectivity index (χ0v) is 13.8. The molecule has 0 spiro atoms. The van der Waals surface area contributed by atoms with E-state index in [1.165, 1.54) is 8.61 Å². The maximum atomic E-state index is 12.5. The van der Waals surface area contributed by atoms with Crippen molar-refractivity contribution in [3.8, 4) is 0 Å². The maximum Gasteiger partial charge on any atom is 0.282 e. The lowest BCUT2D eigenvalue weighted by Crippen LogP contribution is -2.51. The van der Waals surface area contributed by atoms with E-state index in [1.54, 1.807) is 6.92 Å². The molecule has 0 aliphatic carbocycles. The van der Waals surface area contributed by atoms with Gasteiger partial charge in [-0.1, -0.05) is 13.3 Å². The summed E-state index contributed by atoms with van der Waals surface area (Å²) in [6.07, 6.45) is 2.86. The lowest BCUT2D eigenvalue weighted by Gasteiger charge is -2.32. The van der Waals surface area contributed by atoms with Crippen molar-refractivity contribution in [2.24, 2.45) is 0 Å². The van der Waals surface area contributed by atoms with Gasteiger partial charge in [-0.25, -0.2) is 0 Å². The molecule has 0 atom stereocenters. The van der Waals surface area contributed by atoms with E-state index in [0.717, 1.165) is 19.3 Å². The van der Waals surface area contributed by atoms with E-state index in [0.29, 0.717) is 19.6 Å². The van der Waals surface area contributed by atoms with Crippen LogP contribution in [-0.2, 0) is 15.0 Å². The Morgan fingerprint density at radius 1 is 1.20 bits per heavy atom. The second kappa shape index (κ2) is 6.87. The third-order valence-electron chi connectivity index (χ3n) is 3.15. The van der Waals surface area contributed by atoms with Gasteiger partial charge in [0.25, 0.3) is 10.2 Å². The summed E-state index contributed by atoms with van der Waals surface area (Å²) in [4.78, 5) is 11.9. The van der Waals surface area contributed by atoms with Gasteiger partial charge in [0, 0.05) is 25.2 Å². The predicted molar refractivity (Wildman–Crippen MR) is 79.5 cm³/mol. The minimum absolute atomic E-state index is 0.118. The Morgan fingerprint density at radius 3 is 2.20 bits per heavy atom. The molecule has 1 saturated heterocycles. The number of hydrogen-bond acceptors (Lipinski definition) is 3. The Balaban J connectivity index is 2.71. The molecule has 1 aliphatic rings. The maximum absolute atomic E-state index is 12.5. The highest BCUT2D eigenvalue weighted by Gasteiger charge is 2.31. The van der Waals surface area contributed by atoms with Crippen LogP contribution in [0.1, 0.15) is 47.0 Å². The summed E-state index contributed by atoms with van der Waals surface area (Å²) in [7, 11) is -3.52. The molecule has 20 heavy (non-hydrogen) atoms. The number of hydrogen-bond donors (Lipinski definition) is 1. The average Bonchev–Trinajstić information content (AvgIpc) is 2.34. The number of piperidine rings is 1. The van der Waals surface area contributed by atoms with Crippen LogP contribution in [0.3, 0.4) is 0 Å². The van der Waals surface area contributed by atoms with Gasteiger partial charge >= 0.3 is 0 Å². The van der Waals surface area contributed by atoms with Gasteiger partial charge in [0.2, 0.25) is 5.91 Å². The predicted octanol–water partition coefficient (Wildman–Crippen LogP) is 0.954. The summed E-state index contributed by atoms with van der Waals surface area (Å²) in [5, 5.41) is 2.80. The minimum Gasteiger partial charge on any atom is -0.350 e. The van der Waals surface area contributed by atoms with Gasteiger partial charge in [-0.15, -0.1) is 0 Å². The SMILES string of the molecule is CCN(CC(=O)NC(C)(C)C)S(=O)(=O)N1CCCCC1. The molecule has 1 fully saturated rings. The molecule has 118 valence electrons. The number of amides is 1. The third-order valence-corrected chi connectivity index (χ3v) is 5.21. The number of rotatable bonds is 5. The van der Waals surface area contributed by atoms with Gasteiger partial charge in [-0.2, -0.15) is 17.0 Å². The summed E-state index contributed by atoms with van der Waals surface area (Å²) in [5.41, 5.74) is -0.356. The molecule has 0 unspecified atom stereocenters. The van der Waals surface area contributed by atoms with Gasteiger partial charge in [0.05, 0.1) is 6.54 Å². The first-order valence-electron chi connectivity index (χ1n) is 7.23. The zero-order chi connectivity index (χ0) is 15.4. The summed E-state index contributed by atoms with van der Waals surface area (Å²) in [6, 6.07) is 0. The van der Waals surface area contributed by atoms with E-state index in [1.807, 2.05) is 20.8 Å². The van der Waals surface area contributed by atoms with Crippen molar-refractivity contribution in [1.29, 1.82) is 0 Å². The van der Waals surface area contributed by atoms with Gasteiger partial charge in [-0.3, -0.25) is 4.79 Å². The Hall–Kier alpha value is -0.660. The average molecular weight is 305 g/mol. The normalized spacial score (nSPS) is 18.2. The van der Waals surface area contributed by atoms with Crippen LogP contribution in [0.2, 0.25) is 0 Å². The van der Waals surface area contributed by atoms with Gasteiger partial charge in [-0.05, 0) is 33.6 Å². The molecule has 0 aromatic carbocycles. The van der Waals surface area contributed by atoms with Crippen molar-refractivity contribution in [2.75, 3.05) is 26.2 Å². The highest BCUT2D eigenvalue weighted by atomic mass is 32.2. The first kappa shape index (κ1) is 17.4. The van der Waals surface area contributed by atoms with Gasteiger partial charge in [0.15, 0.2) is 0 Å². The van der Waals surface area contributed by atoms with Crippen LogP contribution in [0, 0.1) is 0 Å². The highest BCUT2D eigenvalue weighted by molar-refractivity contribution is 7.86. The molecule has 1 rings (SSSR count). The van der Waals surface area contributed by atoms with Crippen molar-refractivity contribution in [2.45, 2.75) is 52.5 Å². The van der Waals surface area contributed by atoms with E-state index >= 15 is 0 Å². The summed E-state index contributed by atoms with van der Waals surface area (Å²) in [5.74, 6) is -0.264. The zero-order valence-electron chi connectivity index (χ0n) is 13.0. The molecule has 0 aromatic rings. The fourth-order valence-corrected chi connectivity index (χ4v) is 3.89. The monoisotopic (exact) mass is 305 g/mol. The number of nitrogens with one attached hydrogen (secondary N) is 1. The summed E-state index contributed by atoms with van der Waals surface area (Å²) >= 11 is 0. The lowest BCUT2D eigenvalue weighted by atomic mass is 10.1. The van der Waals surface area contributed by atoms with E-state index in [-0.39, 0.29) is 18.0 Å². The Labute approximate surface area is 122 Å². The van der Waals surface area contributed by atoms with Crippen molar-refractivity contribution in [3.63, 3.8) is 0 Å². The molecular formula is C13H27N3O3S. The van der Waals surface area contributed by atoms with E-state index in [4.69, 9.17) is 0 Å². The van der Waals surface area contributed by atoms with Crippen LogP contribution in [0.4, 0.5) is 0 Å². The molecule has 0 saturated carbocycles. The molecule has 0 bridgehead atoms. The van der Waals surface area contributed by atoms with Crippen LogP contribution in [0.15, 0.2) is 0 Å². The quantitative estimate of drug-likeness (QED) is 0.822. The van der Waals surface area contributed by atoms with Crippen LogP contribution in [0.25, 0.3) is 0 Å². The molecule has 0 aromatic heterocycles. The summed E-state index contributed by atoms with van der Waals surface area (Å²) < 4.78 is 27.7. The minimum atomic E-state index is -3.52. The van der Waals surface area contributed by atoms with Crippen LogP contribution < -0.4 is 5.32 Å². The molecule has 1 heterocycles. The molecule has 0 radical (unpaired) electrons. The summed E-state index contributed by atoms with van der Waals surface area (Å²) in [6.45, 7) is 8.68. The van der Waals surface area contributed by atoms with E-state index in [9.17, 15) is 13.2 Å². The molecule has 7 heteroatoms. The first-order valence-corrected chi connectivity index (χ1v) is 8.63. The highest BCUT2D eigenvalue weighted by Crippen LogP contribution is 2.16. The lowest BCUT2D eigenvalue weighted by molar-refractivity contribution is -0.122. The largest absolute Gasteiger partial charge is 0.350 e. The number of likely N-dealkylation sites (N-methyl/N-ethyl adjacent to an activating group) is 1. The number of carbonyl (C=O) groups is 1. The van der Waals surface area contributed by atoms with Gasteiger partial charge < -0.3 is 5.32 Å². The Morgan fingerprint density at radius 2 is 1.75 bits per heavy atom. The van der Waals surface area contributed by atoms with Crippen molar-refractivity contribution < 1.29 is 13.2 Å². The standard InChI is InChI=1S/C13H27N3O3S/c1-5-15(11-12(17)14-13(2,3)4)20(18,19)16-9-7-6-8-10-16/h5-11H2,1-4H3,(H,14,17). The van der Waals surface area contributed by atoms with Crippen LogP contribution >= 0.6 is 0 Å². The van der Waals surface area contributed by atoms with E-state index in [2.05, 4.69) is 5.32 Å². The Bertz CT molecular complexity index is 423. The third kappa shape index (κ3) is 5.03. The molecule has 1 amide bonds. The molecule has 1 aliphatic heterocycles. The van der Waals surface area contributed by atoms with E-state index < -0.39 is 10.2 Å². The van der Waals surface area contributed by atoms with Crippen molar-refractivity contribution >= 4 is 16.1 Å². The molecule has 6 nitrogen and oxygen atoms in total. The second-order valence-corrected chi connectivity index (χ2v) is 8.12. The Kier molecular flexibility index (Phi) is 5.97. The molecule has 1 N–H and O–H groups in total. The van der Waals surface area contributed by atoms with Crippen LogP contribution in [-0.4, -0.2) is 54.7 Å². The first-order chi connectivity index (χ1) is 9.16. The fraction of sp³-hybridized carbons (Fsp3) is 0.923. The van der Waals surface area contributed by atoms with Crippen molar-refractivity contribution in [3.05, 3.63) is 0 Å². The van der Waals surface area contributed by atoms with Gasteiger partial charge in [0.1, 0.15) is 0 Å². The number of carbonyl (C=O) groups excluding carboxylic acids is 1. The topological polar surface area (TPSA) is 69.7 Å². The van der Waals surface area contributed by atoms with Crippen LogP contribution in [0.5, 0.6) is 0 Å². The van der Waals surface area contributed by atoms with Crippen molar-refractivity contribution in [1.82, 2.24) is 13.9 Å². The second-order valence-electron chi connectivity index (χ2n) is 6.19. The number of nitrogens with zero attached hydrogens (tertiary/aromatic N) is 2. The fourth-order valence-electron chi connectivity index (χ4n) is 2.23. The smallest absolute Gasteiger partial charge is 0.282 e.